The second kappa shape index (κ2) is 7.49. The number of hydrogen-bond acceptors (Lipinski definition) is 4. The van der Waals surface area contributed by atoms with Crippen molar-refractivity contribution in [2.75, 3.05) is 30.5 Å². The lowest BCUT2D eigenvalue weighted by Crippen LogP contribution is -2.32. The molecular formula is C14H13Cl3F3N3O2. The normalized spacial score (nSPS) is 15.6. The number of halogens is 6. The lowest BCUT2D eigenvalue weighted by atomic mass is 10.1. The van der Waals surface area contributed by atoms with Crippen molar-refractivity contribution in [2.24, 2.45) is 0 Å². The summed E-state index contributed by atoms with van der Waals surface area (Å²) in [7, 11) is 1.74. The number of benzene rings is 1. The van der Waals surface area contributed by atoms with Gasteiger partial charge >= 0.3 is 12.3 Å². The van der Waals surface area contributed by atoms with E-state index in [9.17, 15) is 18.0 Å². The maximum Gasteiger partial charge on any atom is 0.416 e. The predicted octanol–water partition coefficient (Wildman–Crippen LogP) is 4.80. The van der Waals surface area contributed by atoms with Crippen LogP contribution in [0, 0.1) is 0 Å². The van der Waals surface area contributed by atoms with Gasteiger partial charge in [0.1, 0.15) is 6.61 Å². The van der Waals surface area contributed by atoms with Crippen LogP contribution in [0.25, 0.3) is 0 Å². The molecule has 2 rings (SSSR count). The van der Waals surface area contributed by atoms with Gasteiger partial charge in [-0.1, -0.05) is 40.9 Å². The molecule has 138 valence electrons. The van der Waals surface area contributed by atoms with Gasteiger partial charge < -0.3 is 4.74 Å². The fourth-order valence-corrected chi connectivity index (χ4v) is 2.23. The third kappa shape index (κ3) is 5.57. The van der Waals surface area contributed by atoms with Crippen LogP contribution in [0.2, 0.25) is 0 Å². The summed E-state index contributed by atoms with van der Waals surface area (Å²) in [4.78, 5) is 11.8. The number of hydrazine groups is 1. The molecule has 1 amide bonds. The van der Waals surface area contributed by atoms with E-state index in [-0.39, 0.29) is 5.69 Å². The molecule has 0 saturated carbocycles. The number of anilines is 2. The number of nitrogens with one attached hydrogen (secondary N) is 1. The molecule has 1 heterocycles. The summed E-state index contributed by atoms with van der Waals surface area (Å²) >= 11 is 16.4. The number of nitrogens with zero attached hydrogens (tertiary/aromatic N) is 2. The molecular weight excluding hydrogens is 406 g/mol. The first-order valence-corrected chi connectivity index (χ1v) is 7.99. The predicted molar refractivity (Wildman–Crippen MR) is 91.0 cm³/mol. The second-order valence-electron chi connectivity index (χ2n) is 5.12. The Morgan fingerprint density at radius 1 is 1.32 bits per heavy atom. The molecule has 0 radical (unpaired) electrons. The molecule has 0 fully saturated rings. The lowest BCUT2D eigenvalue weighted by Gasteiger charge is -2.27. The van der Waals surface area contributed by atoms with Gasteiger partial charge in [0, 0.05) is 19.8 Å². The van der Waals surface area contributed by atoms with Crippen molar-refractivity contribution in [1.82, 2.24) is 5.01 Å². The van der Waals surface area contributed by atoms with Crippen LogP contribution in [-0.2, 0) is 10.9 Å². The molecule has 1 aromatic carbocycles. The Bertz CT molecular complexity index is 678. The van der Waals surface area contributed by atoms with E-state index < -0.39 is 28.2 Å². The van der Waals surface area contributed by atoms with Gasteiger partial charge in [0.25, 0.3) is 0 Å². The fourth-order valence-electron chi connectivity index (χ4n) is 2.07. The number of amides is 1. The molecule has 0 aliphatic carbocycles. The SMILES string of the molecule is CN1CC=CN1c1ccc(C(F)(F)F)cc1NC(=O)OCC(Cl)(Cl)Cl. The molecule has 0 atom stereocenters. The van der Waals surface area contributed by atoms with Gasteiger partial charge in [-0.3, -0.25) is 10.3 Å². The highest BCUT2D eigenvalue weighted by Gasteiger charge is 2.32. The van der Waals surface area contributed by atoms with E-state index >= 15 is 0 Å². The third-order valence-corrected chi connectivity index (χ3v) is 3.49. The monoisotopic (exact) mass is 417 g/mol. The van der Waals surface area contributed by atoms with Gasteiger partial charge in [0.15, 0.2) is 0 Å². The van der Waals surface area contributed by atoms with Crippen LogP contribution in [0.5, 0.6) is 0 Å². The Morgan fingerprint density at radius 2 is 2.00 bits per heavy atom. The maximum atomic E-state index is 13.0. The zero-order chi connectivity index (χ0) is 18.8. The zero-order valence-electron chi connectivity index (χ0n) is 12.8. The molecule has 5 nitrogen and oxygen atoms in total. The first kappa shape index (κ1) is 20.0. The van der Waals surface area contributed by atoms with Gasteiger partial charge in [0.05, 0.1) is 16.9 Å². The number of carbonyl (C=O) groups excluding carboxylic acids is 1. The van der Waals surface area contributed by atoms with Crippen LogP contribution in [0.1, 0.15) is 5.56 Å². The van der Waals surface area contributed by atoms with Crippen LogP contribution >= 0.6 is 34.8 Å². The molecule has 1 N–H and O–H groups in total. The molecule has 0 spiro atoms. The van der Waals surface area contributed by atoms with Gasteiger partial charge in [-0.15, -0.1) is 0 Å². The Labute approximate surface area is 156 Å². The van der Waals surface area contributed by atoms with Crippen molar-refractivity contribution in [1.29, 1.82) is 0 Å². The molecule has 0 bridgehead atoms. The van der Waals surface area contributed by atoms with Gasteiger partial charge in [-0.05, 0) is 18.2 Å². The number of likely N-dealkylation sites (N-methyl/N-ethyl adjacent to an activating group) is 1. The van der Waals surface area contributed by atoms with Crippen molar-refractivity contribution in [3.8, 4) is 0 Å². The third-order valence-electron chi connectivity index (χ3n) is 3.16. The first-order valence-electron chi connectivity index (χ1n) is 6.86. The van der Waals surface area contributed by atoms with Crippen molar-refractivity contribution >= 4 is 52.3 Å². The zero-order valence-corrected chi connectivity index (χ0v) is 15.0. The maximum absolute atomic E-state index is 13.0. The highest BCUT2D eigenvalue weighted by molar-refractivity contribution is 6.67. The molecule has 1 aliphatic heterocycles. The summed E-state index contributed by atoms with van der Waals surface area (Å²) in [5.74, 6) is 0. The summed E-state index contributed by atoms with van der Waals surface area (Å²) in [6, 6.07) is 2.98. The highest BCUT2D eigenvalue weighted by Crippen LogP contribution is 2.36. The lowest BCUT2D eigenvalue weighted by molar-refractivity contribution is -0.137. The van der Waals surface area contributed by atoms with Crippen molar-refractivity contribution in [2.45, 2.75) is 9.97 Å². The van der Waals surface area contributed by atoms with Gasteiger partial charge in [0.2, 0.25) is 3.79 Å². The van der Waals surface area contributed by atoms with Crippen LogP contribution in [0.15, 0.2) is 30.5 Å². The Kier molecular flexibility index (Phi) is 5.98. The number of ether oxygens (including phenoxy) is 1. The largest absolute Gasteiger partial charge is 0.445 e. The summed E-state index contributed by atoms with van der Waals surface area (Å²) in [6.45, 7) is 0.0134. The van der Waals surface area contributed by atoms with E-state index in [0.717, 1.165) is 12.1 Å². The van der Waals surface area contributed by atoms with E-state index in [0.29, 0.717) is 12.2 Å². The van der Waals surface area contributed by atoms with Crippen molar-refractivity contribution in [3.63, 3.8) is 0 Å². The first-order chi connectivity index (χ1) is 11.5. The smallest absolute Gasteiger partial charge is 0.416 e. The molecule has 0 unspecified atom stereocenters. The molecule has 1 aliphatic rings. The van der Waals surface area contributed by atoms with E-state index in [4.69, 9.17) is 39.5 Å². The van der Waals surface area contributed by atoms with Crippen LogP contribution in [-0.4, -0.2) is 35.1 Å². The summed E-state index contributed by atoms with van der Waals surface area (Å²) in [5.41, 5.74) is -0.684. The Balaban J connectivity index is 2.28. The van der Waals surface area contributed by atoms with E-state index in [1.165, 1.54) is 6.07 Å². The number of alkyl halides is 6. The van der Waals surface area contributed by atoms with Crippen LogP contribution in [0.3, 0.4) is 0 Å². The minimum absolute atomic E-state index is 0.0949. The van der Waals surface area contributed by atoms with Gasteiger partial charge in [-0.25, -0.2) is 9.80 Å². The Morgan fingerprint density at radius 3 is 2.52 bits per heavy atom. The Hall–Kier alpha value is -1.35. The minimum atomic E-state index is -4.57. The number of hydrogen-bond donors (Lipinski definition) is 1. The minimum Gasteiger partial charge on any atom is -0.445 e. The summed E-state index contributed by atoms with van der Waals surface area (Å²) in [5, 5.41) is 5.58. The average Bonchev–Trinajstić information content (AvgIpc) is 2.89. The highest BCUT2D eigenvalue weighted by atomic mass is 35.6. The number of carbonyl (C=O) groups is 1. The summed E-state index contributed by atoms with van der Waals surface area (Å²) in [6.07, 6.45) is -2.13. The quantitative estimate of drug-likeness (QED) is 0.716. The van der Waals surface area contributed by atoms with Crippen LogP contribution < -0.4 is 10.3 Å². The van der Waals surface area contributed by atoms with Crippen LogP contribution in [0.4, 0.5) is 29.3 Å². The standard InChI is InChI=1S/C14H13Cl3F3N3O2/c1-22-5-2-6-23(22)11-4-3-9(14(18,19)20)7-10(11)21-12(24)25-8-13(15,16)17/h2-4,6-7H,5,8H2,1H3,(H,21,24). The second-order valence-corrected chi connectivity index (χ2v) is 7.63. The summed E-state index contributed by atoms with van der Waals surface area (Å²) < 4.78 is 41.8. The molecule has 0 saturated heterocycles. The van der Waals surface area contributed by atoms with Crippen molar-refractivity contribution < 1.29 is 22.7 Å². The van der Waals surface area contributed by atoms with E-state index in [2.05, 4.69) is 5.32 Å². The molecule has 11 heteroatoms. The molecule has 25 heavy (non-hydrogen) atoms. The van der Waals surface area contributed by atoms with Gasteiger partial charge in [-0.2, -0.15) is 13.2 Å². The van der Waals surface area contributed by atoms with Crippen molar-refractivity contribution in [3.05, 3.63) is 36.0 Å². The number of rotatable bonds is 3. The fraction of sp³-hybridized carbons (Fsp3) is 0.357. The average molecular weight is 419 g/mol. The molecule has 1 aromatic rings. The molecule has 0 aromatic heterocycles. The topological polar surface area (TPSA) is 44.8 Å². The van der Waals surface area contributed by atoms with E-state index in [1.807, 2.05) is 6.08 Å². The van der Waals surface area contributed by atoms with E-state index in [1.54, 1.807) is 23.3 Å².